The van der Waals surface area contributed by atoms with Crippen LogP contribution in [-0.2, 0) is 14.3 Å². The number of hydrogen-bond donors (Lipinski definition) is 3. The highest BCUT2D eigenvalue weighted by molar-refractivity contribution is 14.0. The molecule has 1 rings (SSSR count). The Morgan fingerprint density at radius 3 is 2.48 bits per heavy atom. The van der Waals surface area contributed by atoms with Gasteiger partial charge in [-0.05, 0) is 19.8 Å². The summed E-state index contributed by atoms with van der Waals surface area (Å²) in [6.45, 7) is 4.58. The van der Waals surface area contributed by atoms with Crippen LogP contribution in [0.3, 0.4) is 0 Å². The molecular weight excluding hydrogens is 441 g/mol. The second kappa shape index (κ2) is 13.9. The molecule has 2 amide bonds. The minimum Gasteiger partial charge on any atom is -0.450 e. The number of carbonyl (C=O) groups is 2. The largest absolute Gasteiger partial charge is 0.450 e. The molecular formula is C15H30IN5O4. The van der Waals surface area contributed by atoms with Gasteiger partial charge < -0.3 is 30.3 Å². The number of nitrogens with one attached hydrogen (secondary N) is 3. The summed E-state index contributed by atoms with van der Waals surface area (Å²) in [6.07, 6.45) is 1.35. The number of halogens is 1. The fourth-order valence-electron chi connectivity index (χ4n) is 2.33. The third-order valence-electron chi connectivity index (χ3n) is 3.63. The van der Waals surface area contributed by atoms with Crippen LogP contribution in [0.4, 0.5) is 4.79 Å². The van der Waals surface area contributed by atoms with E-state index in [1.807, 2.05) is 0 Å². The molecule has 0 aliphatic carbocycles. The van der Waals surface area contributed by atoms with E-state index in [0.29, 0.717) is 38.8 Å². The first kappa shape index (κ1) is 23.7. The number of piperidine rings is 1. The summed E-state index contributed by atoms with van der Waals surface area (Å²) in [5, 5.41) is 8.98. The number of rotatable bonds is 7. The number of nitrogens with zero attached hydrogens (tertiary/aromatic N) is 2. The van der Waals surface area contributed by atoms with Crippen molar-refractivity contribution in [2.75, 3.05) is 53.6 Å². The van der Waals surface area contributed by atoms with E-state index in [1.54, 1.807) is 26.0 Å². The summed E-state index contributed by atoms with van der Waals surface area (Å²) in [5.74, 6) is 0.457. The number of carbonyl (C=O) groups excluding carboxylic acids is 2. The molecule has 0 radical (unpaired) electrons. The SMILES string of the molecule is CCOC(=O)N1CCC(NC(=NC)NCC(=O)NCCOC)CC1.I. The molecule has 0 atom stereocenters. The van der Waals surface area contributed by atoms with E-state index in [0.717, 1.165) is 12.8 Å². The standard InChI is InChI=1S/C15H29N5O4.HI/c1-4-24-15(22)20-8-5-12(6-9-20)19-14(16-2)18-11-13(21)17-7-10-23-3;/h12H,4-11H2,1-3H3,(H,17,21)(H2,16,18,19);1H. The fraction of sp³-hybridized carbons (Fsp3) is 0.800. The van der Waals surface area contributed by atoms with Crippen molar-refractivity contribution >= 4 is 41.9 Å². The van der Waals surface area contributed by atoms with Crippen molar-refractivity contribution in [3.63, 3.8) is 0 Å². The predicted octanol–water partition coefficient (Wildman–Crippen LogP) is 0.153. The maximum Gasteiger partial charge on any atom is 0.409 e. The summed E-state index contributed by atoms with van der Waals surface area (Å²) >= 11 is 0. The van der Waals surface area contributed by atoms with E-state index in [-0.39, 0.29) is 48.6 Å². The summed E-state index contributed by atoms with van der Waals surface area (Å²) in [7, 11) is 3.25. The van der Waals surface area contributed by atoms with E-state index in [4.69, 9.17) is 9.47 Å². The van der Waals surface area contributed by atoms with Gasteiger partial charge in [0.05, 0.1) is 19.8 Å². The number of hydrogen-bond acceptors (Lipinski definition) is 5. The van der Waals surface area contributed by atoms with Gasteiger partial charge in [0.25, 0.3) is 0 Å². The lowest BCUT2D eigenvalue weighted by molar-refractivity contribution is -0.120. The van der Waals surface area contributed by atoms with Crippen LogP contribution >= 0.6 is 24.0 Å². The Hall–Kier alpha value is -1.30. The maximum atomic E-state index is 11.7. The molecule has 0 unspecified atom stereocenters. The van der Waals surface area contributed by atoms with Crippen LogP contribution in [0.1, 0.15) is 19.8 Å². The number of methoxy groups -OCH3 is 1. The summed E-state index contributed by atoms with van der Waals surface area (Å²) in [6, 6.07) is 0.207. The van der Waals surface area contributed by atoms with Crippen molar-refractivity contribution in [3.8, 4) is 0 Å². The molecule has 25 heavy (non-hydrogen) atoms. The van der Waals surface area contributed by atoms with Gasteiger partial charge in [-0.25, -0.2) is 4.79 Å². The quantitative estimate of drug-likeness (QED) is 0.212. The molecule has 1 aliphatic heterocycles. The van der Waals surface area contributed by atoms with E-state index < -0.39 is 0 Å². The van der Waals surface area contributed by atoms with Crippen LogP contribution in [0.25, 0.3) is 0 Å². The number of ether oxygens (including phenoxy) is 2. The Kier molecular flexibility index (Phi) is 13.2. The lowest BCUT2D eigenvalue weighted by Gasteiger charge is -2.32. The van der Waals surface area contributed by atoms with Gasteiger partial charge in [-0.15, -0.1) is 24.0 Å². The zero-order chi connectivity index (χ0) is 17.8. The topological polar surface area (TPSA) is 104 Å². The molecule has 0 saturated carbocycles. The van der Waals surface area contributed by atoms with Crippen molar-refractivity contribution in [1.29, 1.82) is 0 Å². The molecule has 1 heterocycles. The number of guanidine groups is 1. The molecule has 9 nitrogen and oxygen atoms in total. The van der Waals surface area contributed by atoms with Crippen molar-refractivity contribution in [1.82, 2.24) is 20.9 Å². The number of amides is 2. The highest BCUT2D eigenvalue weighted by atomic mass is 127. The fourth-order valence-corrected chi connectivity index (χ4v) is 2.33. The van der Waals surface area contributed by atoms with Crippen LogP contribution in [0.15, 0.2) is 4.99 Å². The molecule has 0 aromatic carbocycles. The van der Waals surface area contributed by atoms with Gasteiger partial charge in [0.15, 0.2) is 5.96 Å². The van der Waals surface area contributed by atoms with Crippen molar-refractivity contribution in [2.45, 2.75) is 25.8 Å². The summed E-state index contributed by atoms with van der Waals surface area (Å²) in [4.78, 5) is 29.1. The van der Waals surface area contributed by atoms with Crippen LogP contribution in [0.2, 0.25) is 0 Å². The van der Waals surface area contributed by atoms with E-state index >= 15 is 0 Å². The summed E-state index contributed by atoms with van der Waals surface area (Å²) < 4.78 is 9.87. The lowest BCUT2D eigenvalue weighted by Crippen LogP contribution is -2.51. The maximum absolute atomic E-state index is 11.7. The molecule has 3 N–H and O–H groups in total. The molecule has 0 bridgehead atoms. The molecule has 1 aliphatic rings. The van der Waals surface area contributed by atoms with Crippen LogP contribution < -0.4 is 16.0 Å². The Bertz CT molecular complexity index is 428. The van der Waals surface area contributed by atoms with Gasteiger partial charge in [-0.2, -0.15) is 0 Å². The van der Waals surface area contributed by atoms with Crippen molar-refractivity contribution < 1.29 is 19.1 Å². The number of aliphatic imine (C=N–C) groups is 1. The molecule has 0 aromatic heterocycles. The van der Waals surface area contributed by atoms with Gasteiger partial charge in [0, 0.05) is 39.8 Å². The smallest absolute Gasteiger partial charge is 0.409 e. The molecule has 146 valence electrons. The van der Waals surface area contributed by atoms with E-state index in [9.17, 15) is 9.59 Å². The van der Waals surface area contributed by atoms with Crippen molar-refractivity contribution in [2.24, 2.45) is 4.99 Å². The Balaban J connectivity index is 0.00000576. The Morgan fingerprint density at radius 1 is 1.24 bits per heavy atom. The third kappa shape index (κ3) is 9.68. The van der Waals surface area contributed by atoms with Gasteiger partial charge >= 0.3 is 6.09 Å². The molecule has 0 aromatic rings. The first-order valence-corrected chi connectivity index (χ1v) is 8.25. The number of likely N-dealkylation sites (tertiary alicyclic amines) is 1. The molecule has 1 fully saturated rings. The van der Waals surface area contributed by atoms with Crippen LogP contribution in [-0.4, -0.2) is 82.5 Å². The van der Waals surface area contributed by atoms with E-state index in [1.165, 1.54) is 0 Å². The minimum atomic E-state index is -0.258. The highest BCUT2D eigenvalue weighted by Gasteiger charge is 2.24. The predicted molar refractivity (Wildman–Crippen MR) is 106 cm³/mol. The molecule has 10 heteroatoms. The van der Waals surface area contributed by atoms with Gasteiger partial charge in [-0.3, -0.25) is 9.79 Å². The highest BCUT2D eigenvalue weighted by Crippen LogP contribution is 2.11. The third-order valence-corrected chi connectivity index (χ3v) is 3.63. The average molecular weight is 471 g/mol. The molecule has 1 saturated heterocycles. The second-order valence-corrected chi connectivity index (χ2v) is 5.37. The Morgan fingerprint density at radius 2 is 1.92 bits per heavy atom. The van der Waals surface area contributed by atoms with Crippen LogP contribution in [0, 0.1) is 0 Å². The second-order valence-electron chi connectivity index (χ2n) is 5.37. The summed E-state index contributed by atoms with van der Waals surface area (Å²) in [5.41, 5.74) is 0. The zero-order valence-electron chi connectivity index (χ0n) is 15.2. The van der Waals surface area contributed by atoms with Crippen LogP contribution in [0.5, 0.6) is 0 Å². The minimum absolute atomic E-state index is 0. The first-order chi connectivity index (χ1) is 11.6. The average Bonchev–Trinajstić information content (AvgIpc) is 2.59. The lowest BCUT2D eigenvalue weighted by atomic mass is 10.1. The normalized spacial score (nSPS) is 15.2. The first-order valence-electron chi connectivity index (χ1n) is 8.25. The van der Waals surface area contributed by atoms with Crippen molar-refractivity contribution in [3.05, 3.63) is 0 Å². The van der Waals surface area contributed by atoms with Gasteiger partial charge in [0.2, 0.25) is 5.91 Å². The van der Waals surface area contributed by atoms with Gasteiger partial charge in [0.1, 0.15) is 0 Å². The monoisotopic (exact) mass is 471 g/mol. The van der Waals surface area contributed by atoms with E-state index in [2.05, 4.69) is 20.9 Å². The zero-order valence-corrected chi connectivity index (χ0v) is 17.5. The molecule has 0 spiro atoms. The Labute approximate surface area is 166 Å². The van der Waals surface area contributed by atoms with Gasteiger partial charge in [-0.1, -0.05) is 0 Å².